The minimum Gasteiger partial charge on any atom is -0.481 e. The van der Waals surface area contributed by atoms with Gasteiger partial charge in [0.05, 0.1) is 0 Å². The Bertz CT molecular complexity index is 265. The van der Waals surface area contributed by atoms with E-state index in [2.05, 4.69) is 19.9 Å². The van der Waals surface area contributed by atoms with Gasteiger partial charge in [0.2, 0.25) is 0 Å². The zero-order valence-corrected chi connectivity index (χ0v) is 14.3. The van der Waals surface area contributed by atoms with Crippen LogP contribution in [0.1, 0.15) is 104 Å². The number of unbranched alkanes of at least 4 members (excludes halogenated alkanes) is 12. The van der Waals surface area contributed by atoms with Crippen LogP contribution in [0.4, 0.5) is 0 Å². The number of carbonyl (C=O) groups is 1. The Morgan fingerprint density at radius 1 is 0.714 bits per heavy atom. The first-order chi connectivity index (χ1) is 10.1. The summed E-state index contributed by atoms with van der Waals surface area (Å²) in [7, 11) is 0. The van der Waals surface area contributed by atoms with Crippen LogP contribution in [0, 0.1) is 0 Å². The Hall–Kier alpha value is -0.790. The van der Waals surface area contributed by atoms with Crippen molar-refractivity contribution >= 4 is 5.97 Å². The highest BCUT2D eigenvalue weighted by Gasteiger charge is 1.96. The molecule has 0 aromatic carbocycles. The van der Waals surface area contributed by atoms with E-state index in [1.807, 2.05) is 0 Å². The van der Waals surface area contributed by atoms with Crippen molar-refractivity contribution in [1.29, 1.82) is 0 Å². The maximum absolute atomic E-state index is 10.3. The fourth-order valence-corrected chi connectivity index (χ4v) is 2.58. The highest BCUT2D eigenvalue weighted by atomic mass is 16.4. The Morgan fingerprint density at radius 3 is 1.48 bits per heavy atom. The van der Waals surface area contributed by atoms with Gasteiger partial charge in [-0.25, -0.2) is 0 Å². The van der Waals surface area contributed by atoms with E-state index in [0.29, 0.717) is 6.42 Å². The Kier molecular flexibility index (Phi) is 15.0. The minimum absolute atomic E-state index is 0.341. The summed E-state index contributed by atoms with van der Waals surface area (Å²) in [5.41, 5.74) is 1.44. The molecule has 124 valence electrons. The van der Waals surface area contributed by atoms with Crippen LogP contribution in [0.15, 0.2) is 11.6 Å². The quantitative estimate of drug-likeness (QED) is 0.277. The normalized spacial score (nSPS) is 10.6. The van der Waals surface area contributed by atoms with Gasteiger partial charge in [0.25, 0.3) is 0 Å². The van der Waals surface area contributed by atoms with Crippen molar-refractivity contribution in [3.63, 3.8) is 0 Å². The van der Waals surface area contributed by atoms with Crippen molar-refractivity contribution in [3.8, 4) is 0 Å². The average Bonchev–Trinajstić information content (AvgIpc) is 2.42. The second kappa shape index (κ2) is 15.6. The van der Waals surface area contributed by atoms with Crippen molar-refractivity contribution in [2.75, 3.05) is 0 Å². The van der Waals surface area contributed by atoms with Crippen LogP contribution in [0.25, 0.3) is 0 Å². The molecule has 2 nitrogen and oxygen atoms in total. The lowest BCUT2D eigenvalue weighted by atomic mass is 10.0. The van der Waals surface area contributed by atoms with E-state index < -0.39 is 5.97 Å². The fraction of sp³-hybridized carbons (Fsp3) is 0.842. The number of carboxylic acid groups (broad SMARTS) is 1. The highest BCUT2D eigenvalue weighted by molar-refractivity contribution is 5.66. The van der Waals surface area contributed by atoms with Crippen LogP contribution in [0.5, 0.6) is 0 Å². The average molecular weight is 296 g/mol. The third kappa shape index (κ3) is 19.2. The minimum atomic E-state index is -0.657. The molecule has 0 saturated heterocycles. The van der Waals surface area contributed by atoms with Crippen molar-refractivity contribution in [2.45, 2.75) is 104 Å². The van der Waals surface area contributed by atoms with E-state index in [1.54, 1.807) is 0 Å². The molecule has 0 aliphatic heterocycles. The lowest BCUT2D eigenvalue weighted by molar-refractivity contribution is -0.137. The molecule has 0 spiro atoms. The number of carboxylic acids is 1. The molecule has 21 heavy (non-hydrogen) atoms. The Labute approximate surface area is 132 Å². The Morgan fingerprint density at radius 2 is 1.10 bits per heavy atom. The molecule has 0 saturated carbocycles. The molecular formula is C19H36O2. The van der Waals surface area contributed by atoms with Gasteiger partial charge < -0.3 is 5.11 Å². The number of hydrogen-bond donors (Lipinski definition) is 1. The van der Waals surface area contributed by atoms with Crippen LogP contribution in [0.3, 0.4) is 0 Å². The molecule has 2 heteroatoms. The van der Waals surface area contributed by atoms with Crippen LogP contribution in [-0.4, -0.2) is 11.1 Å². The van der Waals surface area contributed by atoms with E-state index in [4.69, 9.17) is 5.11 Å². The monoisotopic (exact) mass is 296 g/mol. The molecule has 0 fully saturated rings. The van der Waals surface area contributed by atoms with Crippen molar-refractivity contribution in [2.24, 2.45) is 0 Å². The Balaban J connectivity index is 3.03. The molecule has 0 aromatic heterocycles. The molecular weight excluding hydrogens is 260 g/mol. The van der Waals surface area contributed by atoms with E-state index in [-0.39, 0.29) is 0 Å². The number of hydrogen-bond acceptors (Lipinski definition) is 1. The van der Waals surface area contributed by atoms with Crippen molar-refractivity contribution < 1.29 is 9.90 Å². The molecule has 0 atom stereocenters. The first kappa shape index (κ1) is 20.2. The smallest absolute Gasteiger partial charge is 0.303 e. The van der Waals surface area contributed by atoms with Gasteiger partial charge in [-0.1, -0.05) is 75.9 Å². The molecule has 0 aromatic rings. The van der Waals surface area contributed by atoms with Gasteiger partial charge in [-0.3, -0.25) is 4.79 Å². The summed E-state index contributed by atoms with van der Waals surface area (Å²) in [6.07, 6.45) is 19.3. The summed E-state index contributed by atoms with van der Waals surface area (Å²) in [5, 5.41) is 8.53. The molecule has 0 unspecified atom stereocenters. The van der Waals surface area contributed by atoms with Gasteiger partial charge >= 0.3 is 5.97 Å². The molecule has 0 aliphatic carbocycles. The summed E-state index contributed by atoms with van der Waals surface area (Å²) in [6, 6.07) is 0. The topological polar surface area (TPSA) is 37.3 Å². The van der Waals surface area contributed by atoms with E-state index in [9.17, 15) is 4.79 Å². The fourth-order valence-electron chi connectivity index (χ4n) is 2.58. The first-order valence-corrected chi connectivity index (χ1v) is 8.98. The van der Waals surface area contributed by atoms with Gasteiger partial charge in [0.15, 0.2) is 0 Å². The summed E-state index contributed by atoms with van der Waals surface area (Å²) in [6.45, 7) is 4.35. The molecule has 0 heterocycles. The van der Waals surface area contributed by atoms with E-state index >= 15 is 0 Å². The predicted molar refractivity (Wildman–Crippen MR) is 91.7 cm³/mol. The zero-order chi connectivity index (χ0) is 15.8. The summed E-state index contributed by atoms with van der Waals surface area (Å²) in [4.78, 5) is 10.3. The SMILES string of the molecule is CC(C)=CCCCCCCCCCCCCCCC(=O)O. The summed E-state index contributed by atoms with van der Waals surface area (Å²) in [5.74, 6) is -0.657. The highest BCUT2D eigenvalue weighted by Crippen LogP contribution is 2.13. The number of rotatable bonds is 15. The zero-order valence-electron chi connectivity index (χ0n) is 14.3. The van der Waals surface area contributed by atoms with Gasteiger partial charge in [0, 0.05) is 6.42 Å². The standard InChI is InChI=1S/C19H36O2/c1-18(2)16-14-12-10-8-6-4-3-5-7-9-11-13-15-17-19(20)21/h16H,3-15,17H2,1-2H3,(H,20,21). The van der Waals surface area contributed by atoms with Crippen LogP contribution in [-0.2, 0) is 4.79 Å². The van der Waals surface area contributed by atoms with Crippen molar-refractivity contribution in [3.05, 3.63) is 11.6 Å². The molecule has 0 amide bonds. The number of allylic oxidation sites excluding steroid dienone is 2. The van der Waals surface area contributed by atoms with Gasteiger partial charge in [0.1, 0.15) is 0 Å². The maximum atomic E-state index is 10.3. The third-order valence-corrected chi connectivity index (χ3v) is 3.90. The van der Waals surface area contributed by atoms with E-state index in [1.165, 1.54) is 76.2 Å². The van der Waals surface area contributed by atoms with E-state index in [0.717, 1.165) is 12.8 Å². The maximum Gasteiger partial charge on any atom is 0.303 e. The molecule has 0 radical (unpaired) electrons. The van der Waals surface area contributed by atoms with Crippen LogP contribution >= 0.6 is 0 Å². The lowest BCUT2D eigenvalue weighted by Crippen LogP contribution is -1.93. The second-order valence-electron chi connectivity index (χ2n) is 6.46. The van der Waals surface area contributed by atoms with Crippen LogP contribution in [0.2, 0.25) is 0 Å². The number of aliphatic carboxylic acids is 1. The van der Waals surface area contributed by atoms with Gasteiger partial charge in [-0.05, 0) is 33.1 Å². The lowest BCUT2D eigenvalue weighted by Gasteiger charge is -2.02. The predicted octanol–water partition coefficient (Wildman–Crippen LogP) is 6.50. The van der Waals surface area contributed by atoms with Gasteiger partial charge in [-0.2, -0.15) is 0 Å². The largest absolute Gasteiger partial charge is 0.481 e. The first-order valence-electron chi connectivity index (χ1n) is 8.98. The van der Waals surface area contributed by atoms with Crippen molar-refractivity contribution in [1.82, 2.24) is 0 Å². The molecule has 0 bridgehead atoms. The van der Waals surface area contributed by atoms with Crippen LogP contribution < -0.4 is 0 Å². The molecule has 0 aliphatic rings. The summed E-state index contributed by atoms with van der Waals surface area (Å²) >= 11 is 0. The summed E-state index contributed by atoms with van der Waals surface area (Å²) < 4.78 is 0. The molecule has 0 rings (SSSR count). The third-order valence-electron chi connectivity index (χ3n) is 3.90. The second-order valence-corrected chi connectivity index (χ2v) is 6.46. The van der Waals surface area contributed by atoms with Gasteiger partial charge in [-0.15, -0.1) is 0 Å². The molecule has 1 N–H and O–H groups in total.